The number of hydrogen-bond acceptors (Lipinski definition) is 4. The molecule has 6 aromatic carbocycles. The number of para-hydroxylation sites is 1. The third-order valence-corrected chi connectivity index (χ3v) is 8.81. The normalized spacial score (nSPS) is 11.0. The number of aromatic nitrogens is 1. The lowest BCUT2D eigenvalue weighted by Crippen LogP contribution is -2.32. The molecule has 49 heavy (non-hydrogen) atoms. The van der Waals surface area contributed by atoms with Crippen LogP contribution in [-0.2, 0) is 26.2 Å². The first kappa shape index (κ1) is 31.6. The number of nitrogens with one attached hydrogen (secondary N) is 1. The maximum atomic E-state index is 14.6. The van der Waals surface area contributed by atoms with Crippen LogP contribution in [0.25, 0.3) is 21.7 Å². The van der Waals surface area contributed by atoms with Crippen molar-refractivity contribution in [3.05, 3.63) is 174 Å². The summed E-state index contributed by atoms with van der Waals surface area (Å²) in [4.78, 5) is 19.9. The number of carbonyl (C=O) groups excluding carboxylic acids is 1. The maximum Gasteiger partial charge on any atom is 0.254 e. The van der Waals surface area contributed by atoms with Crippen LogP contribution in [-0.4, -0.2) is 29.4 Å². The molecule has 1 amide bonds. The Labute approximate surface area is 286 Å². The number of carbonyl (C=O) groups is 1. The topological polar surface area (TPSA) is 63.8 Å². The van der Waals surface area contributed by atoms with Gasteiger partial charge in [0.05, 0.1) is 12.7 Å². The highest BCUT2D eigenvalue weighted by molar-refractivity contribution is 6.09. The first-order valence-electron chi connectivity index (χ1n) is 16.5. The fourth-order valence-corrected chi connectivity index (χ4v) is 6.16. The van der Waals surface area contributed by atoms with Gasteiger partial charge in [0.25, 0.3) is 5.91 Å². The predicted octanol–water partition coefficient (Wildman–Crippen LogP) is 9.37. The molecule has 0 saturated heterocycles. The Kier molecular flexibility index (Phi) is 9.55. The Morgan fingerprint density at radius 1 is 0.653 bits per heavy atom. The van der Waals surface area contributed by atoms with Gasteiger partial charge in [0.1, 0.15) is 30.5 Å². The SMILES string of the molecule is COc1ccc(CN(CCc2c[nH]c3ccccc23)C(=O)c2cccc3cccc(OCc4ccc(OCc5ccccc5)cc4)c23)cc1. The number of benzene rings is 6. The molecule has 0 fully saturated rings. The number of amides is 1. The molecular formula is C43H38N2O4. The number of aromatic amines is 1. The van der Waals surface area contributed by atoms with Gasteiger partial charge in [-0.05, 0) is 76.5 Å². The average Bonchev–Trinajstić information content (AvgIpc) is 3.58. The van der Waals surface area contributed by atoms with Gasteiger partial charge in [0.2, 0.25) is 0 Å². The van der Waals surface area contributed by atoms with E-state index in [4.69, 9.17) is 14.2 Å². The van der Waals surface area contributed by atoms with Crippen molar-refractivity contribution in [1.29, 1.82) is 0 Å². The van der Waals surface area contributed by atoms with E-state index in [1.165, 1.54) is 10.9 Å². The van der Waals surface area contributed by atoms with Gasteiger partial charge in [-0.15, -0.1) is 0 Å². The molecule has 0 bridgehead atoms. The molecule has 0 unspecified atom stereocenters. The first-order chi connectivity index (χ1) is 24.1. The molecule has 7 aromatic rings. The lowest BCUT2D eigenvalue weighted by Gasteiger charge is -2.24. The smallest absolute Gasteiger partial charge is 0.254 e. The van der Waals surface area contributed by atoms with Gasteiger partial charge < -0.3 is 24.1 Å². The van der Waals surface area contributed by atoms with E-state index in [0.717, 1.165) is 44.5 Å². The lowest BCUT2D eigenvalue weighted by molar-refractivity contribution is 0.0747. The minimum atomic E-state index is -0.0442. The van der Waals surface area contributed by atoms with Crippen LogP contribution < -0.4 is 14.2 Å². The zero-order valence-electron chi connectivity index (χ0n) is 27.5. The van der Waals surface area contributed by atoms with Crippen LogP contribution in [0.5, 0.6) is 17.2 Å². The molecule has 7 rings (SSSR count). The molecule has 244 valence electrons. The second-order valence-electron chi connectivity index (χ2n) is 12.1. The van der Waals surface area contributed by atoms with Crippen molar-refractivity contribution in [3.8, 4) is 17.2 Å². The summed E-state index contributed by atoms with van der Waals surface area (Å²) in [5.74, 6) is 2.21. The van der Waals surface area contributed by atoms with Crippen LogP contribution in [0, 0.1) is 0 Å². The monoisotopic (exact) mass is 646 g/mol. The van der Waals surface area contributed by atoms with Crippen molar-refractivity contribution < 1.29 is 19.0 Å². The van der Waals surface area contributed by atoms with Crippen molar-refractivity contribution in [2.24, 2.45) is 0 Å². The second kappa shape index (κ2) is 14.8. The summed E-state index contributed by atoms with van der Waals surface area (Å²) in [6.07, 6.45) is 2.76. The second-order valence-corrected chi connectivity index (χ2v) is 12.1. The van der Waals surface area contributed by atoms with Crippen LogP contribution in [0.4, 0.5) is 0 Å². The highest BCUT2D eigenvalue weighted by Crippen LogP contribution is 2.31. The molecule has 0 saturated carbocycles. The zero-order chi connectivity index (χ0) is 33.4. The lowest BCUT2D eigenvalue weighted by atomic mass is 10.0. The van der Waals surface area contributed by atoms with Crippen molar-refractivity contribution >= 4 is 27.6 Å². The van der Waals surface area contributed by atoms with E-state index in [1.807, 2.05) is 138 Å². The average molecular weight is 647 g/mol. The molecule has 0 spiro atoms. The number of fused-ring (bicyclic) bond motifs is 2. The number of H-pyrrole nitrogens is 1. The third-order valence-electron chi connectivity index (χ3n) is 8.81. The first-order valence-corrected chi connectivity index (χ1v) is 16.5. The molecule has 0 aliphatic heterocycles. The molecule has 0 radical (unpaired) electrons. The van der Waals surface area contributed by atoms with Crippen LogP contribution in [0.3, 0.4) is 0 Å². The fraction of sp³-hybridized carbons (Fsp3) is 0.140. The Morgan fingerprint density at radius 2 is 1.33 bits per heavy atom. The van der Waals surface area contributed by atoms with E-state index < -0.39 is 0 Å². The van der Waals surface area contributed by atoms with Gasteiger partial charge in [-0.25, -0.2) is 0 Å². The Bertz CT molecular complexity index is 2150. The van der Waals surface area contributed by atoms with Gasteiger partial charge in [0, 0.05) is 35.6 Å². The highest BCUT2D eigenvalue weighted by atomic mass is 16.5. The van der Waals surface area contributed by atoms with Crippen LogP contribution in [0.2, 0.25) is 0 Å². The van der Waals surface area contributed by atoms with Gasteiger partial charge in [-0.2, -0.15) is 0 Å². The number of rotatable bonds is 13. The fourth-order valence-electron chi connectivity index (χ4n) is 6.16. The summed E-state index contributed by atoms with van der Waals surface area (Å²) < 4.78 is 17.8. The maximum absolute atomic E-state index is 14.6. The summed E-state index contributed by atoms with van der Waals surface area (Å²) in [6, 6.07) is 46.0. The largest absolute Gasteiger partial charge is 0.497 e. The minimum Gasteiger partial charge on any atom is -0.497 e. The molecule has 0 aliphatic carbocycles. The van der Waals surface area contributed by atoms with Crippen molar-refractivity contribution in [2.75, 3.05) is 13.7 Å². The minimum absolute atomic E-state index is 0.0442. The molecular weight excluding hydrogens is 608 g/mol. The van der Waals surface area contributed by atoms with Crippen LogP contribution in [0.1, 0.15) is 32.6 Å². The summed E-state index contributed by atoms with van der Waals surface area (Å²) >= 11 is 0. The van der Waals surface area contributed by atoms with E-state index in [1.54, 1.807) is 7.11 Å². The number of hydrogen-bond donors (Lipinski definition) is 1. The van der Waals surface area contributed by atoms with Gasteiger partial charge in [-0.3, -0.25) is 4.79 Å². The highest BCUT2D eigenvalue weighted by Gasteiger charge is 2.21. The van der Waals surface area contributed by atoms with Gasteiger partial charge in [0.15, 0.2) is 0 Å². The number of nitrogens with zero attached hydrogens (tertiary/aromatic N) is 1. The zero-order valence-corrected chi connectivity index (χ0v) is 27.5. The van der Waals surface area contributed by atoms with E-state index in [0.29, 0.717) is 44.0 Å². The van der Waals surface area contributed by atoms with Crippen molar-refractivity contribution in [2.45, 2.75) is 26.2 Å². The summed E-state index contributed by atoms with van der Waals surface area (Å²) in [5, 5.41) is 2.94. The standard InChI is InChI=1S/C43H38N2O4/c1-47-36-21-17-31(18-22-36)28-45(26-25-35-27-44-40-15-6-5-13-38(35)40)43(46)39-14-7-11-34-12-8-16-41(42(34)39)49-30-33-19-23-37(24-20-33)48-29-32-9-3-2-4-10-32/h2-24,27,44H,25-26,28-30H2,1H3. The summed E-state index contributed by atoms with van der Waals surface area (Å²) in [6.45, 7) is 1.88. The molecule has 1 N–H and O–H groups in total. The Hall–Kier alpha value is -6.01. The van der Waals surface area contributed by atoms with E-state index in [9.17, 15) is 4.79 Å². The van der Waals surface area contributed by atoms with Gasteiger partial charge in [-0.1, -0.05) is 97.1 Å². The third kappa shape index (κ3) is 7.44. The summed E-state index contributed by atoms with van der Waals surface area (Å²) in [5.41, 5.74) is 6.05. The quantitative estimate of drug-likeness (QED) is 0.136. The molecule has 0 aliphatic rings. The predicted molar refractivity (Wildman–Crippen MR) is 195 cm³/mol. The van der Waals surface area contributed by atoms with E-state index in [2.05, 4.69) is 17.1 Å². The van der Waals surface area contributed by atoms with Crippen LogP contribution in [0.15, 0.2) is 146 Å². The number of methoxy groups -OCH3 is 1. The number of ether oxygens (including phenoxy) is 3. The van der Waals surface area contributed by atoms with Crippen molar-refractivity contribution in [1.82, 2.24) is 9.88 Å². The van der Waals surface area contributed by atoms with E-state index in [-0.39, 0.29) is 5.91 Å². The molecule has 6 heteroatoms. The van der Waals surface area contributed by atoms with Crippen molar-refractivity contribution in [3.63, 3.8) is 0 Å². The van der Waals surface area contributed by atoms with Gasteiger partial charge >= 0.3 is 0 Å². The molecule has 1 heterocycles. The molecule has 6 nitrogen and oxygen atoms in total. The Morgan fingerprint density at radius 3 is 2.12 bits per heavy atom. The molecule has 0 atom stereocenters. The summed E-state index contributed by atoms with van der Waals surface area (Å²) in [7, 11) is 1.66. The van der Waals surface area contributed by atoms with Crippen LogP contribution >= 0.6 is 0 Å². The Balaban J connectivity index is 1.12. The van der Waals surface area contributed by atoms with E-state index >= 15 is 0 Å². The molecule has 1 aromatic heterocycles.